The first-order chi connectivity index (χ1) is 16.9. The lowest BCUT2D eigenvalue weighted by Crippen LogP contribution is -2.58. The van der Waals surface area contributed by atoms with Crippen LogP contribution in [0.4, 0.5) is 4.79 Å². The Bertz CT molecular complexity index is 1370. The molecule has 2 aromatic heterocycles. The van der Waals surface area contributed by atoms with Crippen molar-refractivity contribution < 1.29 is 14.3 Å². The Morgan fingerprint density at radius 2 is 1.86 bits per heavy atom. The number of fused-ring (bicyclic) bond motifs is 1. The number of likely N-dealkylation sites (N-methyl/N-ethyl adjacent to an activating group) is 1. The van der Waals surface area contributed by atoms with Crippen molar-refractivity contribution in [1.29, 1.82) is 0 Å². The van der Waals surface area contributed by atoms with Crippen LogP contribution in [0.5, 0.6) is 11.5 Å². The summed E-state index contributed by atoms with van der Waals surface area (Å²) in [5.74, 6) is 0.671. The molecule has 10 nitrogen and oxygen atoms in total. The number of carbonyl (C=O) groups excluding carboxylic acids is 1. The zero-order chi connectivity index (χ0) is 24.5. The molecule has 1 saturated heterocycles. The van der Waals surface area contributed by atoms with E-state index < -0.39 is 12.3 Å². The maximum Gasteiger partial charge on any atom is 0.416 e. The molecule has 0 spiro atoms. The average molecular weight is 474 g/mol. The van der Waals surface area contributed by atoms with Gasteiger partial charge in [-0.2, -0.15) is 5.10 Å². The molecular formula is C25H27N7O3. The maximum absolute atomic E-state index is 13.0. The zero-order valence-electron chi connectivity index (χ0n) is 19.9. The summed E-state index contributed by atoms with van der Waals surface area (Å²) in [4.78, 5) is 25.6. The van der Waals surface area contributed by atoms with Crippen LogP contribution >= 0.6 is 0 Å². The Labute approximate surface area is 202 Å². The minimum absolute atomic E-state index is 0.275. The second-order valence-electron chi connectivity index (χ2n) is 8.56. The molecule has 3 heterocycles. The molecular weight excluding hydrogens is 446 g/mol. The van der Waals surface area contributed by atoms with Crippen LogP contribution in [0.3, 0.4) is 0 Å². The summed E-state index contributed by atoms with van der Waals surface area (Å²) in [5.41, 5.74) is 10.1. The van der Waals surface area contributed by atoms with Gasteiger partial charge in [-0.25, -0.2) is 14.8 Å². The van der Waals surface area contributed by atoms with Gasteiger partial charge >= 0.3 is 6.09 Å². The van der Waals surface area contributed by atoms with Gasteiger partial charge in [-0.15, -0.1) is 0 Å². The topological polar surface area (TPSA) is 112 Å². The summed E-state index contributed by atoms with van der Waals surface area (Å²) >= 11 is 0. The van der Waals surface area contributed by atoms with Gasteiger partial charge in [0, 0.05) is 55.5 Å². The van der Waals surface area contributed by atoms with Crippen molar-refractivity contribution in [3.63, 3.8) is 0 Å². The molecule has 0 bridgehead atoms. The van der Waals surface area contributed by atoms with E-state index in [1.54, 1.807) is 16.8 Å². The van der Waals surface area contributed by atoms with Crippen LogP contribution in [0.15, 0.2) is 55.0 Å². The second kappa shape index (κ2) is 9.32. The van der Waals surface area contributed by atoms with Crippen molar-refractivity contribution in [2.45, 2.75) is 6.17 Å². The van der Waals surface area contributed by atoms with E-state index in [9.17, 15) is 4.79 Å². The summed E-state index contributed by atoms with van der Waals surface area (Å²) in [7, 11) is 5.37. The van der Waals surface area contributed by atoms with E-state index in [-0.39, 0.29) is 5.75 Å². The highest BCUT2D eigenvalue weighted by Crippen LogP contribution is 2.38. The van der Waals surface area contributed by atoms with Crippen molar-refractivity contribution in [2.75, 3.05) is 33.8 Å². The number of aryl methyl sites for hydroxylation is 1. The molecule has 0 aliphatic carbocycles. The molecule has 2 N–H and O–H groups in total. The standard InChI is InChI=1S/C25H27N7O3/c1-30-9-10-32(22(26)14-30)25(33)35-21-11-17-19(12-20(21)34-3)27-15-28-24(17)18-13-31(2)29-23(18)16-7-5-4-6-8-16/h4-8,11-13,15,22H,9-10,14,26H2,1-3H3/t22-/m1/s1. The van der Waals surface area contributed by atoms with Gasteiger partial charge in [0.05, 0.1) is 24.5 Å². The fourth-order valence-electron chi connectivity index (χ4n) is 4.32. The van der Waals surface area contributed by atoms with E-state index in [0.29, 0.717) is 35.4 Å². The fraction of sp³-hybridized carbons (Fsp3) is 0.280. The third-order valence-corrected chi connectivity index (χ3v) is 6.11. The van der Waals surface area contributed by atoms with Crippen LogP contribution in [0.25, 0.3) is 33.4 Å². The van der Waals surface area contributed by atoms with Crippen LogP contribution in [-0.4, -0.2) is 75.6 Å². The maximum atomic E-state index is 13.0. The summed E-state index contributed by atoms with van der Waals surface area (Å²) in [6.07, 6.45) is 2.46. The molecule has 1 fully saturated rings. The molecule has 2 aromatic carbocycles. The van der Waals surface area contributed by atoms with Gasteiger partial charge in [0.2, 0.25) is 0 Å². The number of amides is 1. The SMILES string of the molecule is COc1cc2ncnc(-c3cn(C)nc3-c3ccccc3)c2cc1OC(=O)N1CCN(C)C[C@@H]1N. The summed E-state index contributed by atoms with van der Waals surface area (Å²) in [6, 6.07) is 13.4. The summed E-state index contributed by atoms with van der Waals surface area (Å²) in [6.45, 7) is 1.78. The molecule has 0 radical (unpaired) electrons. The quantitative estimate of drug-likeness (QED) is 0.482. The van der Waals surface area contributed by atoms with E-state index in [4.69, 9.17) is 15.2 Å². The van der Waals surface area contributed by atoms with Crippen molar-refractivity contribution >= 4 is 17.0 Å². The third-order valence-electron chi connectivity index (χ3n) is 6.11. The van der Waals surface area contributed by atoms with Gasteiger partial charge in [0.25, 0.3) is 0 Å². The molecule has 180 valence electrons. The van der Waals surface area contributed by atoms with Gasteiger partial charge < -0.3 is 20.1 Å². The van der Waals surface area contributed by atoms with Crippen molar-refractivity contribution in [3.8, 4) is 34.0 Å². The van der Waals surface area contributed by atoms with E-state index in [2.05, 4.69) is 20.0 Å². The predicted octanol–water partition coefficient (Wildman–Crippen LogP) is 2.74. The molecule has 4 aromatic rings. The van der Waals surface area contributed by atoms with Gasteiger partial charge in [-0.1, -0.05) is 30.3 Å². The largest absolute Gasteiger partial charge is 0.493 e. The van der Waals surface area contributed by atoms with Crippen LogP contribution < -0.4 is 15.2 Å². The number of benzene rings is 2. The second-order valence-corrected chi connectivity index (χ2v) is 8.56. The monoisotopic (exact) mass is 473 g/mol. The number of nitrogens with two attached hydrogens (primary N) is 1. The lowest BCUT2D eigenvalue weighted by Gasteiger charge is -2.36. The molecule has 1 aliphatic heterocycles. The van der Waals surface area contributed by atoms with Crippen LogP contribution in [0.1, 0.15) is 0 Å². The first-order valence-corrected chi connectivity index (χ1v) is 11.3. The van der Waals surface area contributed by atoms with E-state index in [1.165, 1.54) is 18.3 Å². The minimum Gasteiger partial charge on any atom is -0.493 e. The lowest BCUT2D eigenvalue weighted by molar-refractivity contribution is 0.0842. The number of methoxy groups -OCH3 is 1. The molecule has 1 atom stereocenters. The highest BCUT2D eigenvalue weighted by Gasteiger charge is 2.29. The van der Waals surface area contributed by atoms with Crippen LogP contribution in [-0.2, 0) is 7.05 Å². The Kier molecular flexibility index (Phi) is 6.06. The molecule has 35 heavy (non-hydrogen) atoms. The van der Waals surface area contributed by atoms with Gasteiger partial charge in [-0.3, -0.25) is 9.58 Å². The number of nitrogens with zero attached hydrogens (tertiary/aromatic N) is 6. The van der Waals surface area contributed by atoms with Gasteiger partial charge in [-0.05, 0) is 13.1 Å². The van der Waals surface area contributed by atoms with Crippen molar-refractivity contribution in [1.82, 2.24) is 29.5 Å². The molecule has 1 aliphatic rings. The van der Waals surface area contributed by atoms with Crippen molar-refractivity contribution in [3.05, 3.63) is 55.0 Å². The van der Waals surface area contributed by atoms with Crippen LogP contribution in [0, 0.1) is 0 Å². The lowest BCUT2D eigenvalue weighted by atomic mass is 10.0. The summed E-state index contributed by atoms with van der Waals surface area (Å²) in [5, 5.41) is 5.38. The number of hydrogen-bond acceptors (Lipinski definition) is 8. The normalized spacial score (nSPS) is 16.5. The van der Waals surface area contributed by atoms with E-state index >= 15 is 0 Å². The Balaban J connectivity index is 1.57. The van der Waals surface area contributed by atoms with Crippen LogP contribution in [0.2, 0.25) is 0 Å². The number of ether oxygens (including phenoxy) is 2. The highest BCUT2D eigenvalue weighted by molar-refractivity contribution is 5.97. The molecule has 10 heteroatoms. The summed E-state index contributed by atoms with van der Waals surface area (Å²) < 4.78 is 13.1. The number of carbonyl (C=O) groups is 1. The Morgan fingerprint density at radius 3 is 2.60 bits per heavy atom. The number of hydrogen-bond donors (Lipinski definition) is 1. The van der Waals surface area contributed by atoms with E-state index in [1.807, 2.05) is 50.6 Å². The first kappa shape index (κ1) is 22.8. The Morgan fingerprint density at radius 1 is 1.06 bits per heavy atom. The van der Waals surface area contributed by atoms with Crippen molar-refractivity contribution in [2.24, 2.45) is 12.8 Å². The highest BCUT2D eigenvalue weighted by atomic mass is 16.6. The molecule has 5 rings (SSSR count). The van der Waals surface area contributed by atoms with Gasteiger partial charge in [0.1, 0.15) is 12.0 Å². The van der Waals surface area contributed by atoms with Gasteiger partial charge in [0.15, 0.2) is 11.5 Å². The zero-order valence-corrected chi connectivity index (χ0v) is 19.9. The Hall–Kier alpha value is -4.02. The smallest absolute Gasteiger partial charge is 0.416 e. The van der Waals surface area contributed by atoms with E-state index in [0.717, 1.165) is 23.4 Å². The molecule has 0 unspecified atom stereocenters. The number of piperazine rings is 1. The minimum atomic E-state index is -0.520. The average Bonchev–Trinajstić information content (AvgIpc) is 3.25. The fourth-order valence-corrected chi connectivity index (χ4v) is 4.32. The molecule has 1 amide bonds. The third kappa shape index (κ3) is 4.41. The predicted molar refractivity (Wildman–Crippen MR) is 132 cm³/mol. The first-order valence-electron chi connectivity index (χ1n) is 11.3. The molecule has 0 saturated carbocycles. The number of rotatable bonds is 4. The number of aromatic nitrogens is 4.